The number of phenols is 1. The van der Waals surface area contributed by atoms with Gasteiger partial charge in [-0.1, -0.05) is 13.0 Å². The predicted octanol–water partition coefficient (Wildman–Crippen LogP) is 2.13. The van der Waals surface area contributed by atoms with E-state index >= 15 is 0 Å². The second-order valence-electron chi connectivity index (χ2n) is 4.78. The van der Waals surface area contributed by atoms with Crippen LogP contribution in [0, 0.1) is 0 Å². The van der Waals surface area contributed by atoms with E-state index in [4.69, 9.17) is 0 Å². The summed E-state index contributed by atoms with van der Waals surface area (Å²) in [6.07, 6.45) is 3.54. The van der Waals surface area contributed by atoms with E-state index in [1.807, 2.05) is 19.1 Å². The molecule has 0 aromatic heterocycles. The van der Waals surface area contributed by atoms with Crippen LogP contribution in [0.4, 0.5) is 0 Å². The van der Waals surface area contributed by atoms with Crippen LogP contribution in [0.1, 0.15) is 43.4 Å². The highest BCUT2D eigenvalue weighted by atomic mass is 16.3. The minimum Gasteiger partial charge on any atom is -0.508 e. The first-order valence-electron chi connectivity index (χ1n) is 6.44. The number of benzene rings is 1. The molecule has 1 aliphatic carbocycles. The van der Waals surface area contributed by atoms with Crippen LogP contribution >= 0.6 is 0 Å². The third-order valence-corrected chi connectivity index (χ3v) is 3.54. The van der Waals surface area contributed by atoms with E-state index in [1.54, 1.807) is 6.07 Å². The molecule has 3 N–H and O–H groups in total. The third-order valence-electron chi connectivity index (χ3n) is 3.54. The second-order valence-corrected chi connectivity index (χ2v) is 4.78. The summed E-state index contributed by atoms with van der Waals surface area (Å²) in [6, 6.07) is 6.00. The summed E-state index contributed by atoms with van der Waals surface area (Å²) >= 11 is 0. The molecule has 0 amide bonds. The average Bonchev–Trinajstić information content (AvgIpc) is 2.71. The predicted molar refractivity (Wildman–Crippen MR) is 68.1 cm³/mol. The molecule has 1 aliphatic rings. The number of nitrogens with one attached hydrogen (secondary N) is 1. The van der Waals surface area contributed by atoms with Gasteiger partial charge in [0.15, 0.2) is 0 Å². The molecule has 1 aromatic carbocycles. The molecular weight excluding hydrogens is 214 g/mol. The highest BCUT2D eigenvalue weighted by Gasteiger charge is 2.21. The van der Waals surface area contributed by atoms with Gasteiger partial charge < -0.3 is 15.5 Å². The molecule has 2 atom stereocenters. The van der Waals surface area contributed by atoms with Gasteiger partial charge >= 0.3 is 0 Å². The van der Waals surface area contributed by atoms with Gasteiger partial charge in [-0.05, 0) is 55.5 Å². The summed E-state index contributed by atoms with van der Waals surface area (Å²) in [4.78, 5) is 0. The number of hydrogen-bond acceptors (Lipinski definition) is 3. The Balaban J connectivity index is 1.89. The molecule has 0 bridgehead atoms. The van der Waals surface area contributed by atoms with E-state index in [0.29, 0.717) is 11.8 Å². The highest BCUT2D eigenvalue weighted by molar-refractivity contribution is 5.39. The first-order chi connectivity index (χ1) is 8.20. The zero-order valence-corrected chi connectivity index (χ0v) is 10.3. The van der Waals surface area contributed by atoms with Crippen LogP contribution in [0.25, 0.3) is 0 Å². The van der Waals surface area contributed by atoms with Crippen molar-refractivity contribution in [3.05, 3.63) is 29.3 Å². The molecule has 0 spiro atoms. The van der Waals surface area contributed by atoms with Gasteiger partial charge in [0.2, 0.25) is 0 Å². The molecule has 0 fully saturated rings. The first kappa shape index (κ1) is 12.4. The Morgan fingerprint density at radius 1 is 1.47 bits per heavy atom. The topological polar surface area (TPSA) is 52.5 Å². The van der Waals surface area contributed by atoms with Crippen LogP contribution in [0.3, 0.4) is 0 Å². The number of aliphatic hydroxyl groups excluding tert-OH is 1. The number of fused-ring (bicyclic) bond motifs is 1. The molecule has 3 nitrogen and oxygen atoms in total. The lowest BCUT2D eigenvalue weighted by atomic mass is 10.1. The number of phenolic OH excluding ortho intramolecular Hbond substituents is 1. The summed E-state index contributed by atoms with van der Waals surface area (Å²) < 4.78 is 0. The van der Waals surface area contributed by atoms with Crippen molar-refractivity contribution in [2.45, 2.75) is 44.8 Å². The number of aromatic hydroxyl groups is 1. The van der Waals surface area contributed by atoms with Crippen LogP contribution in [0.5, 0.6) is 5.75 Å². The Kier molecular flexibility index (Phi) is 4.02. The lowest BCUT2D eigenvalue weighted by Gasteiger charge is -2.15. The third kappa shape index (κ3) is 2.99. The fourth-order valence-corrected chi connectivity index (χ4v) is 2.44. The first-order valence-corrected chi connectivity index (χ1v) is 6.44. The molecule has 2 rings (SSSR count). The van der Waals surface area contributed by atoms with Crippen molar-refractivity contribution in [3.63, 3.8) is 0 Å². The van der Waals surface area contributed by atoms with Gasteiger partial charge in [0.1, 0.15) is 5.75 Å². The molecule has 0 saturated heterocycles. The lowest BCUT2D eigenvalue weighted by Crippen LogP contribution is -2.23. The molecular formula is C14H21NO2. The van der Waals surface area contributed by atoms with E-state index in [0.717, 1.165) is 32.2 Å². The summed E-state index contributed by atoms with van der Waals surface area (Å²) in [5.41, 5.74) is 2.55. The SMILES string of the molecule is CCC(O)CCNC1CCc2cc(O)ccc21. The monoisotopic (exact) mass is 235 g/mol. The molecule has 2 unspecified atom stereocenters. The van der Waals surface area contributed by atoms with Crippen molar-refractivity contribution in [1.82, 2.24) is 5.32 Å². The van der Waals surface area contributed by atoms with Crippen molar-refractivity contribution in [2.24, 2.45) is 0 Å². The summed E-state index contributed by atoms with van der Waals surface area (Å²) in [7, 11) is 0. The van der Waals surface area contributed by atoms with Crippen molar-refractivity contribution < 1.29 is 10.2 Å². The Morgan fingerprint density at radius 2 is 2.29 bits per heavy atom. The smallest absolute Gasteiger partial charge is 0.115 e. The lowest BCUT2D eigenvalue weighted by molar-refractivity contribution is 0.158. The van der Waals surface area contributed by atoms with E-state index in [-0.39, 0.29) is 6.10 Å². The normalized spacial score (nSPS) is 20.2. The second kappa shape index (κ2) is 5.52. The maximum absolute atomic E-state index is 9.49. The number of aryl methyl sites for hydroxylation is 1. The van der Waals surface area contributed by atoms with Gasteiger partial charge in [-0.25, -0.2) is 0 Å². The Bertz CT molecular complexity index is 378. The van der Waals surface area contributed by atoms with E-state index < -0.39 is 0 Å². The number of hydrogen-bond donors (Lipinski definition) is 3. The van der Waals surface area contributed by atoms with E-state index in [9.17, 15) is 10.2 Å². The summed E-state index contributed by atoms with van der Waals surface area (Å²) in [6.45, 7) is 2.85. The quantitative estimate of drug-likeness (QED) is 0.733. The van der Waals surface area contributed by atoms with Crippen molar-refractivity contribution in [2.75, 3.05) is 6.54 Å². The Morgan fingerprint density at radius 3 is 3.06 bits per heavy atom. The number of rotatable bonds is 5. The fraction of sp³-hybridized carbons (Fsp3) is 0.571. The van der Waals surface area contributed by atoms with Crippen molar-refractivity contribution in [3.8, 4) is 5.75 Å². The Labute approximate surface area is 102 Å². The number of aliphatic hydroxyl groups is 1. The van der Waals surface area contributed by atoms with E-state index in [2.05, 4.69) is 5.32 Å². The minimum atomic E-state index is -0.191. The van der Waals surface area contributed by atoms with Crippen LogP contribution in [0.2, 0.25) is 0 Å². The molecule has 94 valence electrons. The van der Waals surface area contributed by atoms with Gasteiger partial charge in [0.05, 0.1) is 6.10 Å². The summed E-state index contributed by atoms with van der Waals surface area (Å²) in [5.74, 6) is 0.353. The van der Waals surface area contributed by atoms with Gasteiger partial charge in [-0.3, -0.25) is 0 Å². The Hall–Kier alpha value is -1.06. The van der Waals surface area contributed by atoms with Crippen LogP contribution in [0.15, 0.2) is 18.2 Å². The van der Waals surface area contributed by atoms with Crippen molar-refractivity contribution in [1.29, 1.82) is 0 Å². The largest absolute Gasteiger partial charge is 0.508 e. The molecule has 0 radical (unpaired) electrons. The van der Waals surface area contributed by atoms with Gasteiger partial charge in [-0.15, -0.1) is 0 Å². The van der Waals surface area contributed by atoms with E-state index in [1.165, 1.54) is 11.1 Å². The molecule has 3 heteroatoms. The van der Waals surface area contributed by atoms with Gasteiger partial charge in [0, 0.05) is 6.04 Å². The van der Waals surface area contributed by atoms with Crippen LogP contribution < -0.4 is 5.32 Å². The average molecular weight is 235 g/mol. The maximum atomic E-state index is 9.49. The molecule has 0 aliphatic heterocycles. The van der Waals surface area contributed by atoms with Crippen LogP contribution in [-0.4, -0.2) is 22.9 Å². The molecule has 0 heterocycles. The van der Waals surface area contributed by atoms with Gasteiger partial charge in [0.25, 0.3) is 0 Å². The zero-order chi connectivity index (χ0) is 12.3. The molecule has 0 saturated carbocycles. The van der Waals surface area contributed by atoms with Gasteiger partial charge in [-0.2, -0.15) is 0 Å². The minimum absolute atomic E-state index is 0.191. The molecule has 17 heavy (non-hydrogen) atoms. The van der Waals surface area contributed by atoms with Crippen molar-refractivity contribution >= 4 is 0 Å². The highest BCUT2D eigenvalue weighted by Crippen LogP contribution is 2.33. The summed E-state index contributed by atoms with van der Waals surface area (Å²) in [5, 5.41) is 22.4. The molecule has 1 aromatic rings. The fourth-order valence-electron chi connectivity index (χ4n) is 2.44. The van der Waals surface area contributed by atoms with Crippen LogP contribution in [-0.2, 0) is 6.42 Å². The maximum Gasteiger partial charge on any atom is 0.115 e. The zero-order valence-electron chi connectivity index (χ0n) is 10.3. The standard InChI is InChI=1S/C14H21NO2/c1-2-11(16)7-8-15-14-6-3-10-9-12(17)4-5-13(10)14/h4-5,9,11,14-17H,2-3,6-8H2,1H3.